The fourth-order valence-corrected chi connectivity index (χ4v) is 1.46. The van der Waals surface area contributed by atoms with Crippen molar-refractivity contribution in [2.45, 2.75) is 26.3 Å². The van der Waals surface area contributed by atoms with Gasteiger partial charge in [0, 0.05) is 12.8 Å². The van der Waals surface area contributed by atoms with E-state index in [1.165, 1.54) is 0 Å². The van der Waals surface area contributed by atoms with Gasteiger partial charge in [-0.25, -0.2) is 8.51 Å². The van der Waals surface area contributed by atoms with Crippen LogP contribution in [0.2, 0.25) is 0 Å². The minimum atomic E-state index is -1.03. The monoisotopic (exact) mass is 174 g/mol. The molecule has 3 nitrogen and oxygen atoms in total. The maximum absolute atomic E-state index is 11.2. The Hall–Kier alpha value is -0.400. The summed E-state index contributed by atoms with van der Waals surface area (Å²) in [5.41, 5.74) is -0.638. The predicted octanol–water partition coefficient (Wildman–Crippen LogP) is 0.904. The number of hydrogen-bond donors (Lipinski definition) is 0. The lowest BCUT2D eigenvalue weighted by atomic mass is 10.1. The van der Waals surface area contributed by atoms with Crippen molar-refractivity contribution in [3.05, 3.63) is 0 Å². The molecule has 0 aromatic heterocycles. The van der Waals surface area contributed by atoms with Gasteiger partial charge >= 0.3 is 0 Å². The standard InChI is InChI=1S/C7H14N2OS/c1-5-11(10)9(4)7(2,3)6-8/h5H2,1-4H3. The first-order valence-electron chi connectivity index (χ1n) is 3.49. The summed E-state index contributed by atoms with van der Waals surface area (Å²) in [6, 6.07) is 2.09. The van der Waals surface area contributed by atoms with E-state index in [1.54, 1.807) is 25.2 Å². The smallest absolute Gasteiger partial charge is 0.114 e. The molecule has 0 aliphatic carbocycles. The lowest BCUT2D eigenvalue weighted by Gasteiger charge is -2.26. The van der Waals surface area contributed by atoms with Crippen molar-refractivity contribution in [1.82, 2.24) is 4.31 Å². The van der Waals surface area contributed by atoms with E-state index in [0.29, 0.717) is 5.75 Å². The highest BCUT2D eigenvalue weighted by Crippen LogP contribution is 2.12. The molecule has 0 aliphatic rings. The molecule has 0 spiro atoms. The van der Waals surface area contributed by atoms with Crippen LogP contribution >= 0.6 is 0 Å². The van der Waals surface area contributed by atoms with Crippen LogP contribution in [0.1, 0.15) is 20.8 Å². The summed E-state index contributed by atoms with van der Waals surface area (Å²) in [5, 5.41) is 8.68. The average Bonchev–Trinajstić information content (AvgIpc) is 2.01. The third kappa shape index (κ3) is 2.60. The SMILES string of the molecule is CCS(=O)N(C)C(C)(C)C#N. The van der Waals surface area contributed by atoms with Gasteiger partial charge in [-0.2, -0.15) is 5.26 Å². The molecule has 0 rings (SSSR count). The Morgan fingerprint density at radius 1 is 1.64 bits per heavy atom. The van der Waals surface area contributed by atoms with Crippen LogP contribution in [0.3, 0.4) is 0 Å². The Kier molecular flexibility index (Phi) is 3.70. The average molecular weight is 174 g/mol. The lowest BCUT2D eigenvalue weighted by Crippen LogP contribution is -2.41. The van der Waals surface area contributed by atoms with Crippen LogP contribution in [-0.2, 0) is 11.0 Å². The molecule has 11 heavy (non-hydrogen) atoms. The normalized spacial score (nSPS) is 14.5. The van der Waals surface area contributed by atoms with Gasteiger partial charge in [-0.05, 0) is 13.8 Å². The van der Waals surface area contributed by atoms with Gasteiger partial charge in [-0.15, -0.1) is 0 Å². The molecular formula is C7H14N2OS. The van der Waals surface area contributed by atoms with Crippen LogP contribution < -0.4 is 0 Å². The molecule has 0 heterocycles. The van der Waals surface area contributed by atoms with Gasteiger partial charge in [-0.3, -0.25) is 0 Å². The lowest BCUT2D eigenvalue weighted by molar-refractivity contribution is 0.357. The zero-order valence-corrected chi connectivity index (χ0v) is 8.23. The maximum Gasteiger partial charge on any atom is 0.114 e. The molecule has 64 valence electrons. The Bertz CT molecular complexity index is 195. The third-order valence-electron chi connectivity index (χ3n) is 1.61. The number of rotatable bonds is 3. The second-order valence-corrected chi connectivity index (χ2v) is 4.55. The Morgan fingerprint density at radius 2 is 2.09 bits per heavy atom. The van der Waals surface area contributed by atoms with Gasteiger partial charge in [0.25, 0.3) is 0 Å². The minimum Gasteiger partial charge on any atom is -0.243 e. The number of nitrogens with zero attached hydrogens (tertiary/aromatic N) is 2. The first-order chi connectivity index (χ1) is 4.95. The highest BCUT2D eigenvalue weighted by Gasteiger charge is 2.26. The van der Waals surface area contributed by atoms with Gasteiger partial charge in [0.15, 0.2) is 0 Å². The van der Waals surface area contributed by atoms with Crippen molar-refractivity contribution >= 4 is 11.0 Å². The second-order valence-electron chi connectivity index (χ2n) is 2.78. The molecule has 1 unspecified atom stereocenters. The minimum absolute atomic E-state index is 0.557. The van der Waals surface area contributed by atoms with Gasteiger partial charge < -0.3 is 0 Å². The van der Waals surface area contributed by atoms with Crippen molar-refractivity contribution < 1.29 is 4.21 Å². The molecular weight excluding hydrogens is 160 g/mol. The summed E-state index contributed by atoms with van der Waals surface area (Å²) < 4.78 is 12.8. The quantitative estimate of drug-likeness (QED) is 0.638. The zero-order chi connectivity index (χ0) is 9.07. The number of hydrogen-bond acceptors (Lipinski definition) is 2. The molecule has 0 saturated carbocycles. The zero-order valence-electron chi connectivity index (χ0n) is 7.42. The van der Waals surface area contributed by atoms with Crippen molar-refractivity contribution in [1.29, 1.82) is 5.26 Å². The van der Waals surface area contributed by atoms with Gasteiger partial charge in [0.2, 0.25) is 0 Å². The molecule has 0 aromatic rings. The summed E-state index contributed by atoms with van der Waals surface area (Å²) in [6.45, 7) is 5.33. The van der Waals surface area contributed by atoms with Crippen LogP contribution in [0, 0.1) is 11.3 Å². The highest BCUT2D eigenvalue weighted by molar-refractivity contribution is 7.82. The first-order valence-corrected chi connectivity index (χ1v) is 4.77. The third-order valence-corrected chi connectivity index (χ3v) is 3.17. The van der Waals surface area contributed by atoms with Crippen LogP contribution in [0.15, 0.2) is 0 Å². The Labute approximate surface area is 70.6 Å². The van der Waals surface area contributed by atoms with Crippen LogP contribution in [0.25, 0.3) is 0 Å². The van der Waals surface area contributed by atoms with E-state index < -0.39 is 16.5 Å². The van der Waals surface area contributed by atoms with E-state index in [1.807, 2.05) is 6.92 Å². The predicted molar refractivity (Wildman–Crippen MR) is 46.1 cm³/mol. The summed E-state index contributed by atoms with van der Waals surface area (Å²) in [4.78, 5) is 0. The van der Waals surface area contributed by atoms with E-state index in [-0.39, 0.29) is 0 Å². The van der Waals surface area contributed by atoms with Crippen LogP contribution in [0.5, 0.6) is 0 Å². The Balaban J connectivity index is 4.38. The van der Waals surface area contributed by atoms with Crippen molar-refractivity contribution in [3.63, 3.8) is 0 Å². The van der Waals surface area contributed by atoms with E-state index in [2.05, 4.69) is 6.07 Å². The molecule has 0 aliphatic heterocycles. The summed E-state index contributed by atoms with van der Waals surface area (Å²) in [5.74, 6) is 0.557. The molecule has 0 radical (unpaired) electrons. The van der Waals surface area contributed by atoms with E-state index >= 15 is 0 Å². The fourth-order valence-electron chi connectivity index (χ4n) is 0.519. The molecule has 0 bridgehead atoms. The molecule has 0 amide bonds. The number of nitriles is 1. The van der Waals surface area contributed by atoms with E-state index in [9.17, 15) is 4.21 Å². The highest BCUT2D eigenvalue weighted by atomic mass is 32.2. The summed E-state index contributed by atoms with van der Waals surface area (Å²) in [6.07, 6.45) is 0. The first kappa shape index (κ1) is 10.6. The van der Waals surface area contributed by atoms with Crippen molar-refractivity contribution in [2.24, 2.45) is 0 Å². The van der Waals surface area contributed by atoms with Gasteiger partial charge in [0.1, 0.15) is 5.54 Å². The van der Waals surface area contributed by atoms with Gasteiger partial charge in [0.05, 0.1) is 17.1 Å². The molecule has 4 heteroatoms. The van der Waals surface area contributed by atoms with Gasteiger partial charge in [-0.1, -0.05) is 6.92 Å². The van der Waals surface area contributed by atoms with Crippen LogP contribution in [0.4, 0.5) is 0 Å². The molecule has 0 saturated heterocycles. The molecule has 0 N–H and O–H groups in total. The topological polar surface area (TPSA) is 44.1 Å². The molecule has 0 aromatic carbocycles. The van der Waals surface area contributed by atoms with Crippen molar-refractivity contribution in [3.8, 4) is 6.07 Å². The van der Waals surface area contributed by atoms with E-state index in [4.69, 9.17) is 5.26 Å². The van der Waals surface area contributed by atoms with Crippen molar-refractivity contribution in [2.75, 3.05) is 12.8 Å². The molecule has 0 fully saturated rings. The van der Waals surface area contributed by atoms with Crippen LogP contribution in [-0.4, -0.2) is 26.9 Å². The molecule has 1 atom stereocenters. The van der Waals surface area contributed by atoms with E-state index in [0.717, 1.165) is 0 Å². The Morgan fingerprint density at radius 3 is 2.36 bits per heavy atom. The second kappa shape index (κ2) is 3.84. The maximum atomic E-state index is 11.2. The summed E-state index contributed by atoms with van der Waals surface area (Å²) in [7, 11) is 0.667. The summed E-state index contributed by atoms with van der Waals surface area (Å²) >= 11 is 0. The fraction of sp³-hybridized carbons (Fsp3) is 0.857. The largest absolute Gasteiger partial charge is 0.243 e.